The Bertz CT molecular complexity index is 1760. The van der Waals surface area contributed by atoms with E-state index in [0.717, 1.165) is 18.4 Å². The topological polar surface area (TPSA) is 147 Å². The second-order valence-electron chi connectivity index (χ2n) is 9.58. The number of benzene rings is 3. The third-order valence-electron chi connectivity index (χ3n) is 6.69. The van der Waals surface area contributed by atoms with E-state index in [1.807, 2.05) is 0 Å². The monoisotopic (exact) mass is 620 g/mol. The van der Waals surface area contributed by atoms with Gasteiger partial charge in [-0.1, -0.05) is 29.8 Å². The molecule has 15 heteroatoms. The molecule has 1 fully saturated rings. The van der Waals surface area contributed by atoms with Crippen LogP contribution in [-0.4, -0.2) is 49.2 Å². The molecule has 0 saturated heterocycles. The highest BCUT2D eigenvalue weighted by Gasteiger charge is 2.26. The van der Waals surface area contributed by atoms with Gasteiger partial charge in [0.1, 0.15) is 11.3 Å². The number of aliphatic hydroxyl groups excluding tert-OH is 1. The van der Waals surface area contributed by atoms with Crippen LogP contribution >= 0.6 is 11.6 Å². The molecule has 0 unspecified atom stereocenters. The quantitative estimate of drug-likeness (QED) is 0.118. The third kappa shape index (κ3) is 6.32. The molecule has 222 valence electrons. The van der Waals surface area contributed by atoms with Crippen LogP contribution in [0.25, 0.3) is 11.0 Å². The molecule has 11 nitrogen and oxygen atoms in total. The Labute approximate surface area is 245 Å². The largest absolute Gasteiger partial charge is 0.394 e. The van der Waals surface area contributed by atoms with Crippen molar-refractivity contribution >= 4 is 55.8 Å². The van der Waals surface area contributed by atoms with Crippen molar-refractivity contribution in [3.63, 3.8) is 0 Å². The van der Waals surface area contributed by atoms with Crippen molar-refractivity contribution in [3.05, 3.63) is 82.1 Å². The van der Waals surface area contributed by atoms with Gasteiger partial charge in [0, 0.05) is 7.05 Å². The second-order valence-corrected chi connectivity index (χ2v) is 11.6. The number of carbonyl (C=O) groups is 1. The Morgan fingerprint density at radius 3 is 2.67 bits per heavy atom. The van der Waals surface area contributed by atoms with E-state index < -0.39 is 27.8 Å². The number of halogens is 3. The van der Waals surface area contributed by atoms with Gasteiger partial charge in [-0.15, -0.1) is 0 Å². The van der Waals surface area contributed by atoms with E-state index in [2.05, 4.69) is 25.2 Å². The fourth-order valence-corrected chi connectivity index (χ4v) is 5.25. The second kappa shape index (κ2) is 12.2. The number of nitrogens with one attached hydrogen (secondary N) is 4. The Morgan fingerprint density at radius 1 is 1.19 bits per heavy atom. The molecule has 0 radical (unpaired) electrons. The van der Waals surface area contributed by atoms with Crippen LogP contribution in [0.5, 0.6) is 0 Å². The summed E-state index contributed by atoms with van der Waals surface area (Å²) in [5.74, 6) is -2.05. The van der Waals surface area contributed by atoms with Gasteiger partial charge < -0.3 is 15.0 Å². The van der Waals surface area contributed by atoms with Crippen molar-refractivity contribution in [2.45, 2.75) is 25.3 Å². The van der Waals surface area contributed by atoms with E-state index in [1.165, 1.54) is 42.2 Å². The summed E-state index contributed by atoms with van der Waals surface area (Å²) in [7, 11) is -2.59. The zero-order valence-corrected chi connectivity index (χ0v) is 23.8. The van der Waals surface area contributed by atoms with Crippen molar-refractivity contribution in [3.8, 4) is 0 Å². The van der Waals surface area contributed by atoms with E-state index in [4.69, 9.17) is 21.5 Å². The molecule has 1 aliphatic carbocycles. The van der Waals surface area contributed by atoms with Gasteiger partial charge in [-0.25, -0.2) is 24.0 Å². The summed E-state index contributed by atoms with van der Waals surface area (Å²) < 4.78 is 60.9. The van der Waals surface area contributed by atoms with E-state index in [-0.39, 0.29) is 58.4 Å². The maximum Gasteiger partial charge on any atom is 0.298 e. The first kappa shape index (κ1) is 29.7. The Hall–Kier alpha value is -3.82. The molecule has 1 saturated carbocycles. The van der Waals surface area contributed by atoms with E-state index >= 15 is 4.39 Å². The summed E-state index contributed by atoms with van der Waals surface area (Å²) in [6, 6.07) is 10.7. The van der Waals surface area contributed by atoms with Crippen LogP contribution in [0.1, 0.15) is 40.2 Å². The molecule has 1 aromatic heterocycles. The van der Waals surface area contributed by atoms with Crippen LogP contribution < -0.4 is 20.2 Å². The molecule has 1 heterocycles. The number of imidazole rings is 1. The molecule has 0 bridgehead atoms. The SMILES string of the molecule is CNS(=O)(=O)Nc1cccc(Cn2cnc3c(F)c(Nc4ccc(C5CC5)cc4F)c(C(=O)NOCCO)cc32)c1Cl. The summed E-state index contributed by atoms with van der Waals surface area (Å²) in [6.45, 7) is -0.537. The lowest BCUT2D eigenvalue weighted by Gasteiger charge is -2.16. The molecule has 42 heavy (non-hydrogen) atoms. The summed E-state index contributed by atoms with van der Waals surface area (Å²) in [5, 5.41) is 11.8. The van der Waals surface area contributed by atoms with Crippen LogP contribution in [0.4, 0.5) is 25.8 Å². The molecular formula is C27H27ClF2N6O5S. The van der Waals surface area contributed by atoms with Crippen LogP contribution in [-0.2, 0) is 21.6 Å². The number of anilines is 3. The minimum absolute atomic E-state index is 0.0324. The van der Waals surface area contributed by atoms with Gasteiger partial charge in [0.2, 0.25) is 0 Å². The van der Waals surface area contributed by atoms with Gasteiger partial charge in [0.25, 0.3) is 16.1 Å². The Balaban J connectivity index is 1.53. The fraction of sp³-hybridized carbons (Fsp3) is 0.259. The minimum atomic E-state index is -3.84. The summed E-state index contributed by atoms with van der Waals surface area (Å²) in [4.78, 5) is 22.2. The molecule has 4 aromatic rings. The lowest BCUT2D eigenvalue weighted by atomic mass is 10.1. The number of amides is 1. The summed E-state index contributed by atoms with van der Waals surface area (Å²) in [5.41, 5.74) is 3.13. The molecule has 0 atom stereocenters. The summed E-state index contributed by atoms with van der Waals surface area (Å²) in [6.07, 6.45) is 3.31. The third-order valence-corrected chi connectivity index (χ3v) is 8.17. The van der Waals surface area contributed by atoms with E-state index in [9.17, 15) is 17.6 Å². The maximum absolute atomic E-state index is 16.0. The first-order valence-corrected chi connectivity index (χ1v) is 14.7. The van der Waals surface area contributed by atoms with Gasteiger partial charge in [0.15, 0.2) is 5.82 Å². The molecule has 1 amide bonds. The molecule has 5 rings (SSSR count). The first-order chi connectivity index (χ1) is 20.1. The molecule has 0 aliphatic heterocycles. The van der Waals surface area contributed by atoms with E-state index in [1.54, 1.807) is 18.2 Å². The van der Waals surface area contributed by atoms with Crippen LogP contribution in [0.15, 0.2) is 48.8 Å². The Kier molecular flexibility index (Phi) is 8.61. The average Bonchev–Trinajstić information content (AvgIpc) is 3.74. The maximum atomic E-state index is 16.0. The molecular weight excluding hydrogens is 594 g/mol. The van der Waals surface area contributed by atoms with Crippen molar-refractivity contribution in [2.24, 2.45) is 0 Å². The van der Waals surface area contributed by atoms with Crippen molar-refractivity contribution in [1.82, 2.24) is 19.8 Å². The highest BCUT2D eigenvalue weighted by atomic mass is 35.5. The smallest absolute Gasteiger partial charge is 0.298 e. The first-order valence-electron chi connectivity index (χ1n) is 12.9. The molecule has 3 aromatic carbocycles. The standard InChI is InChI=1S/C27H27ClF2N6O5S/c1-31-42(39,40)35-21-4-2-3-17(23(21)28)13-36-14-32-26-22(36)12-18(27(38)34-41-10-9-37)25(24(26)30)33-20-8-7-16(11-19(20)29)15-5-6-15/h2-4,7-8,11-12,14-15,31,33,35,37H,5-6,9-10,13H2,1H3,(H,34,38). The Morgan fingerprint density at radius 2 is 1.98 bits per heavy atom. The number of aromatic nitrogens is 2. The number of rotatable bonds is 12. The van der Waals surface area contributed by atoms with Crippen LogP contribution in [0.2, 0.25) is 5.02 Å². The molecule has 1 aliphatic rings. The van der Waals surface area contributed by atoms with Gasteiger partial charge >= 0.3 is 0 Å². The number of hydrogen-bond donors (Lipinski definition) is 5. The number of hydroxylamine groups is 1. The predicted molar refractivity (Wildman–Crippen MR) is 154 cm³/mol. The van der Waals surface area contributed by atoms with Crippen molar-refractivity contribution in [1.29, 1.82) is 0 Å². The number of aliphatic hydroxyl groups is 1. The van der Waals surface area contributed by atoms with Gasteiger partial charge in [-0.05, 0) is 54.2 Å². The predicted octanol–water partition coefficient (Wildman–Crippen LogP) is 4.17. The van der Waals surface area contributed by atoms with Crippen LogP contribution in [0, 0.1) is 11.6 Å². The minimum Gasteiger partial charge on any atom is -0.394 e. The molecule has 5 N–H and O–H groups in total. The number of carbonyl (C=O) groups excluding carboxylic acids is 1. The van der Waals surface area contributed by atoms with Crippen molar-refractivity contribution < 1.29 is 31.9 Å². The highest BCUT2D eigenvalue weighted by molar-refractivity contribution is 7.90. The van der Waals surface area contributed by atoms with Gasteiger partial charge in [-0.3, -0.25) is 14.4 Å². The highest BCUT2D eigenvalue weighted by Crippen LogP contribution is 2.41. The zero-order chi connectivity index (χ0) is 30.0. The summed E-state index contributed by atoms with van der Waals surface area (Å²) >= 11 is 6.48. The lowest BCUT2D eigenvalue weighted by molar-refractivity contribution is 0.0169. The van der Waals surface area contributed by atoms with Gasteiger partial charge in [0.05, 0.1) is 59.3 Å². The number of fused-ring (bicyclic) bond motifs is 1. The number of nitrogens with zero attached hydrogens (tertiary/aromatic N) is 2. The van der Waals surface area contributed by atoms with E-state index in [0.29, 0.717) is 11.5 Å². The average molecular weight is 621 g/mol. The molecule has 0 spiro atoms. The van der Waals surface area contributed by atoms with Crippen molar-refractivity contribution in [2.75, 3.05) is 30.3 Å². The normalized spacial score (nSPS) is 13.4. The fourth-order valence-electron chi connectivity index (χ4n) is 4.40. The lowest BCUT2D eigenvalue weighted by Crippen LogP contribution is -2.26. The van der Waals surface area contributed by atoms with Gasteiger partial charge in [-0.2, -0.15) is 8.42 Å². The van der Waals surface area contributed by atoms with Crippen LogP contribution in [0.3, 0.4) is 0 Å². The number of hydrogen-bond acceptors (Lipinski definition) is 7. The zero-order valence-electron chi connectivity index (χ0n) is 22.2.